The fourth-order valence-corrected chi connectivity index (χ4v) is 2.82. The molecule has 0 unspecified atom stereocenters. The highest BCUT2D eigenvalue weighted by Crippen LogP contribution is 2.21. The van der Waals surface area contributed by atoms with E-state index in [-0.39, 0.29) is 5.69 Å². The first kappa shape index (κ1) is 14.9. The second-order valence-corrected chi connectivity index (χ2v) is 5.31. The Morgan fingerprint density at radius 3 is 2.83 bits per heavy atom. The minimum absolute atomic E-state index is 0.00150. The van der Waals surface area contributed by atoms with Gasteiger partial charge in [-0.15, -0.1) is 11.3 Å². The van der Waals surface area contributed by atoms with Gasteiger partial charge >= 0.3 is 0 Å². The number of benzene rings is 1. The third-order valence-electron chi connectivity index (χ3n) is 3.10. The summed E-state index contributed by atoms with van der Waals surface area (Å²) in [6.07, 6.45) is 3.03. The number of thiazole rings is 1. The summed E-state index contributed by atoms with van der Waals surface area (Å²) < 4.78 is 6.99. The van der Waals surface area contributed by atoms with E-state index in [0.717, 1.165) is 5.69 Å². The van der Waals surface area contributed by atoms with Gasteiger partial charge in [-0.3, -0.25) is 15.1 Å². The van der Waals surface area contributed by atoms with Gasteiger partial charge in [0.2, 0.25) is 4.80 Å². The van der Waals surface area contributed by atoms with Crippen LogP contribution in [0.1, 0.15) is 5.56 Å². The van der Waals surface area contributed by atoms with Crippen LogP contribution in [0.5, 0.6) is 0 Å². The molecular weight excluding hydrogens is 316 g/mol. The number of furan rings is 1. The molecule has 1 aromatic carbocycles. The van der Waals surface area contributed by atoms with Crippen molar-refractivity contribution in [3.05, 3.63) is 68.5 Å². The third-order valence-corrected chi connectivity index (χ3v) is 4.00. The predicted molar refractivity (Wildman–Crippen MR) is 87.6 cm³/mol. The van der Waals surface area contributed by atoms with Crippen molar-refractivity contribution >= 4 is 23.2 Å². The van der Waals surface area contributed by atoms with E-state index >= 15 is 0 Å². The first-order valence-electron chi connectivity index (χ1n) is 6.65. The van der Waals surface area contributed by atoms with Gasteiger partial charge in [-0.2, -0.15) is 5.10 Å². The van der Waals surface area contributed by atoms with Crippen molar-refractivity contribution in [2.45, 2.75) is 0 Å². The van der Waals surface area contributed by atoms with Crippen LogP contribution in [0.2, 0.25) is 0 Å². The average Bonchev–Trinajstić information content (AvgIpc) is 3.21. The van der Waals surface area contributed by atoms with Gasteiger partial charge in [0, 0.05) is 18.5 Å². The summed E-state index contributed by atoms with van der Waals surface area (Å²) >= 11 is 1.41. The highest BCUT2D eigenvalue weighted by Gasteiger charge is 2.12. The van der Waals surface area contributed by atoms with Crippen LogP contribution in [0.15, 0.2) is 62.6 Å². The quantitative estimate of drug-likeness (QED) is 0.419. The number of nitro benzene ring substituents is 1. The topological polar surface area (TPSA) is 85.9 Å². The van der Waals surface area contributed by atoms with E-state index in [1.54, 1.807) is 42.3 Å². The molecular formula is C15H12N4O3S. The molecule has 0 atom stereocenters. The molecule has 2 aromatic heterocycles. The van der Waals surface area contributed by atoms with Gasteiger partial charge in [0.15, 0.2) is 5.76 Å². The lowest BCUT2D eigenvalue weighted by Crippen LogP contribution is -2.11. The van der Waals surface area contributed by atoms with Crippen LogP contribution in [0.25, 0.3) is 11.5 Å². The number of nitrogens with zero attached hydrogens (tertiary/aromatic N) is 4. The van der Waals surface area contributed by atoms with Gasteiger partial charge in [-0.25, -0.2) is 4.68 Å². The van der Waals surface area contributed by atoms with Gasteiger partial charge in [0.25, 0.3) is 5.69 Å². The smallest absolute Gasteiger partial charge is 0.278 e. The van der Waals surface area contributed by atoms with Crippen LogP contribution in [-0.4, -0.2) is 22.9 Å². The van der Waals surface area contributed by atoms with Crippen molar-refractivity contribution < 1.29 is 9.34 Å². The predicted octanol–water partition coefficient (Wildman–Crippen LogP) is 3.13. The maximum atomic E-state index is 11.1. The molecule has 0 radical (unpaired) electrons. The molecule has 7 nitrogen and oxygen atoms in total. The van der Waals surface area contributed by atoms with E-state index in [1.165, 1.54) is 23.6 Å². The molecule has 0 aliphatic carbocycles. The van der Waals surface area contributed by atoms with E-state index in [0.29, 0.717) is 16.1 Å². The Kier molecular flexibility index (Phi) is 4.15. The Labute approximate surface area is 135 Å². The molecule has 116 valence electrons. The molecule has 3 aromatic rings. The fourth-order valence-electron chi connectivity index (χ4n) is 2.04. The van der Waals surface area contributed by atoms with E-state index in [1.807, 2.05) is 11.4 Å². The van der Waals surface area contributed by atoms with Crippen molar-refractivity contribution in [2.24, 2.45) is 10.1 Å². The second kappa shape index (κ2) is 6.41. The molecule has 0 aliphatic heterocycles. The van der Waals surface area contributed by atoms with E-state index < -0.39 is 4.92 Å². The fraction of sp³-hybridized carbons (Fsp3) is 0.0667. The zero-order valence-corrected chi connectivity index (χ0v) is 12.9. The molecule has 0 N–H and O–H groups in total. The lowest BCUT2D eigenvalue weighted by Gasteiger charge is -2.00. The van der Waals surface area contributed by atoms with Crippen molar-refractivity contribution in [3.63, 3.8) is 0 Å². The van der Waals surface area contributed by atoms with Crippen molar-refractivity contribution in [1.29, 1.82) is 0 Å². The summed E-state index contributed by atoms with van der Waals surface area (Å²) in [6.45, 7) is 0. The molecule has 8 heteroatoms. The molecule has 0 bridgehead atoms. The molecule has 3 rings (SSSR count). The maximum Gasteiger partial charge on any atom is 0.278 e. The van der Waals surface area contributed by atoms with Crippen LogP contribution in [0.3, 0.4) is 0 Å². The van der Waals surface area contributed by atoms with Gasteiger partial charge in [0.1, 0.15) is 5.69 Å². The Morgan fingerprint density at radius 1 is 1.30 bits per heavy atom. The molecule has 0 aliphatic rings. The lowest BCUT2D eigenvalue weighted by atomic mass is 10.2. The third kappa shape index (κ3) is 2.97. The normalized spacial score (nSPS) is 12.1. The minimum atomic E-state index is -0.432. The molecule has 0 amide bonds. The van der Waals surface area contributed by atoms with E-state index in [9.17, 15) is 10.1 Å². The monoisotopic (exact) mass is 328 g/mol. The number of para-hydroxylation sites is 1. The Morgan fingerprint density at radius 2 is 2.13 bits per heavy atom. The van der Waals surface area contributed by atoms with E-state index in [2.05, 4.69) is 10.1 Å². The Balaban J connectivity index is 2.07. The second-order valence-electron chi connectivity index (χ2n) is 4.48. The highest BCUT2D eigenvalue weighted by molar-refractivity contribution is 7.07. The van der Waals surface area contributed by atoms with Crippen LogP contribution in [0.4, 0.5) is 5.69 Å². The van der Waals surface area contributed by atoms with Gasteiger partial charge < -0.3 is 4.42 Å². The Hall–Kier alpha value is -3.00. The summed E-state index contributed by atoms with van der Waals surface area (Å²) in [4.78, 5) is 15.5. The van der Waals surface area contributed by atoms with E-state index in [4.69, 9.17) is 4.42 Å². The first-order valence-corrected chi connectivity index (χ1v) is 7.53. The molecule has 0 fully saturated rings. The molecule has 0 spiro atoms. The summed E-state index contributed by atoms with van der Waals surface area (Å²) in [5, 5.41) is 17.3. The number of hydrogen-bond acceptors (Lipinski definition) is 6. The molecule has 0 saturated carbocycles. The van der Waals surface area contributed by atoms with Crippen LogP contribution >= 0.6 is 11.3 Å². The zero-order valence-electron chi connectivity index (χ0n) is 12.1. The molecule has 23 heavy (non-hydrogen) atoms. The lowest BCUT2D eigenvalue weighted by molar-refractivity contribution is -0.385. The van der Waals surface area contributed by atoms with Gasteiger partial charge in [-0.1, -0.05) is 12.1 Å². The highest BCUT2D eigenvalue weighted by atomic mass is 32.1. The molecule has 2 heterocycles. The number of nitro groups is 1. The summed E-state index contributed by atoms with van der Waals surface area (Å²) in [6, 6.07) is 10.0. The van der Waals surface area contributed by atoms with Crippen LogP contribution in [-0.2, 0) is 0 Å². The standard InChI is InChI=1S/C15H12N4O3S/c1-16-15-18(13(10-23-15)14-7-4-8-22-14)17-9-11-5-2-3-6-12(11)19(20)21/h2-10H,1H3/b16-15?,17-9-. The van der Waals surface area contributed by atoms with Crippen molar-refractivity contribution in [3.8, 4) is 11.5 Å². The van der Waals surface area contributed by atoms with Crippen LogP contribution in [0, 0.1) is 10.1 Å². The SMILES string of the molecule is CN=c1scc(-c2ccco2)n1/N=C\c1ccccc1[N+](=O)[O-]. The van der Waals surface area contributed by atoms with Gasteiger partial charge in [-0.05, 0) is 18.2 Å². The summed E-state index contributed by atoms with van der Waals surface area (Å²) in [5.74, 6) is 0.649. The molecule has 0 saturated heterocycles. The number of aromatic nitrogens is 1. The number of hydrogen-bond donors (Lipinski definition) is 0. The average molecular weight is 328 g/mol. The maximum absolute atomic E-state index is 11.1. The Bertz CT molecular complexity index is 922. The largest absolute Gasteiger partial charge is 0.463 e. The van der Waals surface area contributed by atoms with Gasteiger partial charge in [0.05, 0.1) is 23.0 Å². The van der Waals surface area contributed by atoms with Crippen LogP contribution < -0.4 is 4.80 Å². The summed E-state index contributed by atoms with van der Waals surface area (Å²) in [5.41, 5.74) is 1.15. The number of rotatable bonds is 4. The summed E-state index contributed by atoms with van der Waals surface area (Å²) in [7, 11) is 1.66. The zero-order chi connectivity index (χ0) is 16.2. The first-order chi connectivity index (χ1) is 11.2. The van der Waals surface area contributed by atoms with Crippen molar-refractivity contribution in [1.82, 2.24) is 4.68 Å². The van der Waals surface area contributed by atoms with Crippen molar-refractivity contribution in [2.75, 3.05) is 7.05 Å². The minimum Gasteiger partial charge on any atom is -0.463 e.